The first kappa shape index (κ1) is 21.2. The van der Waals surface area contributed by atoms with Crippen LogP contribution >= 0.6 is 0 Å². The van der Waals surface area contributed by atoms with Gasteiger partial charge in [0.05, 0.1) is 26.1 Å². The maximum absolute atomic E-state index is 11.0. The Labute approximate surface area is 184 Å². The summed E-state index contributed by atoms with van der Waals surface area (Å²) >= 11 is 0. The van der Waals surface area contributed by atoms with Crippen LogP contribution in [-0.4, -0.2) is 35.4 Å². The fraction of sp³-hybridized carbons (Fsp3) is 0.154. The molecule has 0 saturated carbocycles. The van der Waals surface area contributed by atoms with Gasteiger partial charge in [-0.25, -0.2) is 0 Å². The number of rotatable bonds is 9. The van der Waals surface area contributed by atoms with Gasteiger partial charge in [0.2, 0.25) is 0 Å². The molecule has 4 aromatic rings. The lowest BCUT2D eigenvalue weighted by Crippen LogP contribution is -2.07. The minimum absolute atomic E-state index is 0.0284. The summed E-state index contributed by atoms with van der Waals surface area (Å²) in [5.74, 6) is -0.779. The van der Waals surface area contributed by atoms with Crippen LogP contribution in [0.3, 0.4) is 0 Å². The third kappa shape index (κ3) is 4.49. The molecular formula is C26H22O6. The van der Waals surface area contributed by atoms with E-state index >= 15 is 0 Å². The van der Waals surface area contributed by atoms with E-state index in [-0.39, 0.29) is 26.1 Å². The maximum atomic E-state index is 11.0. The monoisotopic (exact) mass is 430 g/mol. The molecule has 6 nitrogen and oxygen atoms in total. The number of fused-ring (bicyclic) bond motifs is 2. The van der Waals surface area contributed by atoms with E-state index in [9.17, 15) is 9.59 Å². The molecule has 0 amide bonds. The molecule has 0 heterocycles. The Balaban J connectivity index is 1.94. The Morgan fingerprint density at radius 2 is 1.00 bits per heavy atom. The van der Waals surface area contributed by atoms with Crippen molar-refractivity contribution in [1.29, 1.82) is 0 Å². The van der Waals surface area contributed by atoms with Crippen molar-refractivity contribution in [2.75, 3.05) is 13.2 Å². The standard InChI is InChI=1S/C26H22O6/c27-23(28)13-15-31-21-11-9-17-5-1-3-7-19(17)25(21)26-20-8-4-2-6-18(20)10-12-22(26)32-16-14-24(29)30/h1-12H,13-16H2,(H,27,28)(H,29,30). The summed E-state index contributed by atoms with van der Waals surface area (Å²) in [7, 11) is 0. The van der Waals surface area contributed by atoms with Crippen LogP contribution in [0.15, 0.2) is 72.8 Å². The smallest absolute Gasteiger partial charge is 0.306 e. The Kier molecular flexibility index (Phi) is 6.22. The molecule has 0 fully saturated rings. The lowest BCUT2D eigenvalue weighted by atomic mass is 9.92. The highest BCUT2D eigenvalue weighted by atomic mass is 16.5. The van der Waals surface area contributed by atoms with Crippen LogP contribution in [0.2, 0.25) is 0 Å². The van der Waals surface area contributed by atoms with E-state index in [1.807, 2.05) is 72.8 Å². The average molecular weight is 430 g/mol. The Morgan fingerprint density at radius 3 is 1.41 bits per heavy atom. The molecule has 0 aliphatic carbocycles. The normalized spacial score (nSPS) is 10.9. The highest BCUT2D eigenvalue weighted by molar-refractivity contribution is 6.09. The van der Waals surface area contributed by atoms with Gasteiger partial charge in [-0.1, -0.05) is 60.7 Å². The molecule has 6 heteroatoms. The van der Waals surface area contributed by atoms with Gasteiger partial charge in [-0.3, -0.25) is 9.59 Å². The van der Waals surface area contributed by atoms with Crippen LogP contribution in [0.1, 0.15) is 12.8 Å². The summed E-state index contributed by atoms with van der Waals surface area (Å²) in [6, 6.07) is 23.3. The van der Waals surface area contributed by atoms with Gasteiger partial charge in [0.15, 0.2) is 0 Å². The summed E-state index contributed by atoms with van der Waals surface area (Å²) in [5.41, 5.74) is 1.58. The fourth-order valence-electron chi connectivity index (χ4n) is 3.76. The molecule has 32 heavy (non-hydrogen) atoms. The lowest BCUT2D eigenvalue weighted by Gasteiger charge is -2.19. The number of benzene rings is 4. The van der Waals surface area contributed by atoms with Gasteiger partial charge in [0.25, 0.3) is 0 Å². The van der Waals surface area contributed by atoms with E-state index in [4.69, 9.17) is 19.7 Å². The van der Waals surface area contributed by atoms with Gasteiger partial charge in [-0.2, -0.15) is 0 Å². The molecule has 0 spiro atoms. The van der Waals surface area contributed by atoms with E-state index in [2.05, 4.69) is 0 Å². The fourth-order valence-corrected chi connectivity index (χ4v) is 3.76. The summed E-state index contributed by atoms with van der Waals surface area (Å²) in [4.78, 5) is 22.0. The zero-order chi connectivity index (χ0) is 22.5. The van der Waals surface area contributed by atoms with E-state index in [0.717, 1.165) is 32.7 Å². The van der Waals surface area contributed by atoms with Crippen molar-refractivity contribution in [1.82, 2.24) is 0 Å². The first-order valence-corrected chi connectivity index (χ1v) is 10.3. The van der Waals surface area contributed by atoms with Crippen LogP contribution in [0.4, 0.5) is 0 Å². The summed E-state index contributed by atoms with van der Waals surface area (Å²) < 4.78 is 11.9. The molecule has 0 atom stereocenters. The first-order valence-electron chi connectivity index (χ1n) is 10.3. The van der Waals surface area contributed by atoms with Crippen LogP contribution in [0, 0.1) is 0 Å². The highest BCUT2D eigenvalue weighted by Gasteiger charge is 2.19. The van der Waals surface area contributed by atoms with Gasteiger partial charge in [-0.15, -0.1) is 0 Å². The van der Waals surface area contributed by atoms with E-state index in [1.165, 1.54) is 0 Å². The zero-order valence-corrected chi connectivity index (χ0v) is 17.3. The predicted octanol–water partition coefficient (Wildman–Crippen LogP) is 5.37. The Hall–Kier alpha value is -4.06. The lowest BCUT2D eigenvalue weighted by molar-refractivity contribution is -0.138. The van der Waals surface area contributed by atoms with Crippen molar-refractivity contribution in [2.24, 2.45) is 0 Å². The van der Waals surface area contributed by atoms with Crippen LogP contribution in [0.25, 0.3) is 32.7 Å². The van der Waals surface area contributed by atoms with Crippen molar-refractivity contribution in [2.45, 2.75) is 12.8 Å². The van der Waals surface area contributed by atoms with Crippen LogP contribution in [0.5, 0.6) is 11.5 Å². The minimum Gasteiger partial charge on any atom is -0.492 e. The van der Waals surface area contributed by atoms with Gasteiger partial charge >= 0.3 is 11.9 Å². The van der Waals surface area contributed by atoms with Gasteiger partial charge in [-0.05, 0) is 33.7 Å². The van der Waals surface area contributed by atoms with Crippen LogP contribution in [-0.2, 0) is 9.59 Å². The molecule has 0 bridgehead atoms. The van der Waals surface area contributed by atoms with E-state index in [0.29, 0.717) is 11.5 Å². The Bertz CT molecular complexity index is 1190. The SMILES string of the molecule is O=C(O)CCOc1ccc2ccccc2c1-c1c(OCCC(=O)O)ccc2ccccc12. The van der Waals surface area contributed by atoms with Gasteiger partial charge in [0.1, 0.15) is 11.5 Å². The molecule has 0 saturated heterocycles. The number of aliphatic carboxylic acids is 2. The van der Waals surface area contributed by atoms with E-state index in [1.54, 1.807) is 0 Å². The average Bonchev–Trinajstić information content (AvgIpc) is 2.78. The topological polar surface area (TPSA) is 93.1 Å². The molecule has 0 aliphatic heterocycles. The largest absolute Gasteiger partial charge is 0.492 e. The third-order valence-corrected chi connectivity index (χ3v) is 5.18. The molecule has 0 aliphatic rings. The predicted molar refractivity (Wildman–Crippen MR) is 122 cm³/mol. The van der Waals surface area contributed by atoms with Crippen molar-refractivity contribution in [3.8, 4) is 22.6 Å². The maximum Gasteiger partial charge on any atom is 0.306 e. The molecule has 2 N–H and O–H groups in total. The third-order valence-electron chi connectivity index (χ3n) is 5.18. The van der Waals surface area contributed by atoms with Crippen molar-refractivity contribution >= 4 is 33.5 Å². The van der Waals surface area contributed by atoms with Crippen molar-refractivity contribution in [3.63, 3.8) is 0 Å². The van der Waals surface area contributed by atoms with Gasteiger partial charge < -0.3 is 19.7 Å². The molecule has 0 unspecified atom stereocenters. The quantitative estimate of drug-likeness (QED) is 0.371. The van der Waals surface area contributed by atoms with Gasteiger partial charge in [0, 0.05) is 11.1 Å². The molecular weight excluding hydrogens is 408 g/mol. The Morgan fingerprint density at radius 1 is 0.594 bits per heavy atom. The molecule has 0 radical (unpaired) electrons. The molecule has 162 valence electrons. The first-order chi connectivity index (χ1) is 15.5. The number of hydrogen-bond donors (Lipinski definition) is 2. The summed E-state index contributed by atoms with van der Waals surface area (Å²) in [6.07, 6.45) is -0.243. The van der Waals surface area contributed by atoms with Crippen LogP contribution < -0.4 is 9.47 Å². The minimum atomic E-state index is -0.935. The van der Waals surface area contributed by atoms with Crippen molar-refractivity contribution in [3.05, 3.63) is 72.8 Å². The number of hydrogen-bond acceptors (Lipinski definition) is 4. The number of carboxylic acid groups (broad SMARTS) is 2. The second-order valence-electron chi connectivity index (χ2n) is 7.30. The number of carboxylic acids is 2. The summed E-state index contributed by atoms with van der Waals surface area (Å²) in [5, 5.41) is 21.9. The second-order valence-corrected chi connectivity index (χ2v) is 7.30. The highest BCUT2D eigenvalue weighted by Crippen LogP contribution is 2.45. The summed E-state index contributed by atoms with van der Waals surface area (Å²) in [6.45, 7) is 0.0568. The number of carbonyl (C=O) groups is 2. The molecule has 4 rings (SSSR count). The number of ether oxygens (including phenoxy) is 2. The second kappa shape index (κ2) is 9.39. The van der Waals surface area contributed by atoms with Crippen molar-refractivity contribution < 1.29 is 29.3 Å². The molecule has 4 aromatic carbocycles. The molecule has 0 aromatic heterocycles. The van der Waals surface area contributed by atoms with E-state index < -0.39 is 11.9 Å². The zero-order valence-electron chi connectivity index (χ0n) is 17.3.